The number of morpholine rings is 1. The number of pyridine rings is 1. The molecule has 7 heteroatoms. The summed E-state index contributed by atoms with van der Waals surface area (Å²) in [5, 5.41) is 3.30. The topological polar surface area (TPSA) is 54.5 Å². The predicted octanol–water partition coefficient (Wildman–Crippen LogP) is 3.97. The number of benzene rings is 1. The fourth-order valence-electron chi connectivity index (χ4n) is 3.69. The summed E-state index contributed by atoms with van der Waals surface area (Å²) in [6.45, 7) is 2.38. The Morgan fingerprint density at radius 2 is 1.93 bits per heavy atom. The smallest absolute Gasteiger partial charge is 0.255 e. The molecule has 4 rings (SSSR count). The number of nitrogens with one attached hydrogen (secondary N) is 1. The van der Waals surface area contributed by atoms with Gasteiger partial charge >= 0.3 is 0 Å². The molecule has 1 amide bonds. The Hall–Kier alpha value is -2.18. The van der Waals surface area contributed by atoms with E-state index < -0.39 is 5.82 Å². The second kappa shape index (κ2) is 7.82. The maximum absolute atomic E-state index is 13.4. The molecule has 1 N–H and O–H groups in total. The molecule has 142 valence electrons. The van der Waals surface area contributed by atoms with E-state index in [1.165, 1.54) is 6.07 Å². The molecule has 0 spiro atoms. The third-order valence-corrected chi connectivity index (χ3v) is 5.40. The zero-order valence-corrected chi connectivity index (χ0v) is 15.7. The molecule has 0 saturated carbocycles. The predicted molar refractivity (Wildman–Crippen MR) is 102 cm³/mol. The van der Waals surface area contributed by atoms with Gasteiger partial charge in [0.2, 0.25) is 0 Å². The quantitative estimate of drug-likeness (QED) is 0.863. The standard InChI is InChI=1S/C20H21ClFN3O2/c21-17-11-13(5-6-18(17)22)24-19-15-4-2-1-3-14(15)16(12-23-19)20(26)25-7-9-27-10-8-25/h5-6,11-12H,1-4,7-10H2,(H,23,24). The van der Waals surface area contributed by atoms with Crippen LogP contribution in [0.2, 0.25) is 5.02 Å². The Morgan fingerprint density at radius 1 is 1.19 bits per heavy atom. The lowest BCUT2D eigenvalue weighted by Crippen LogP contribution is -2.41. The van der Waals surface area contributed by atoms with Crippen molar-refractivity contribution in [2.45, 2.75) is 25.7 Å². The SMILES string of the molecule is O=C(c1cnc(Nc2ccc(F)c(Cl)c2)c2c1CCCC2)N1CCOCC1. The van der Waals surface area contributed by atoms with Crippen molar-refractivity contribution in [1.29, 1.82) is 0 Å². The number of amides is 1. The molecular weight excluding hydrogens is 369 g/mol. The van der Waals surface area contributed by atoms with Crippen LogP contribution in [0.25, 0.3) is 0 Å². The van der Waals surface area contributed by atoms with Crippen LogP contribution in [0.15, 0.2) is 24.4 Å². The average Bonchev–Trinajstić information content (AvgIpc) is 2.71. The molecule has 2 aromatic rings. The first kappa shape index (κ1) is 18.2. The molecule has 1 aromatic heterocycles. The van der Waals surface area contributed by atoms with Gasteiger partial charge in [0.1, 0.15) is 11.6 Å². The summed E-state index contributed by atoms with van der Waals surface area (Å²) in [6.07, 6.45) is 5.51. The zero-order chi connectivity index (χ0) is 18.8. The number of hydrogen-bond acceptors (Lipinski definition) is 4. The van der Waals surface area contributed by atoms with E-state index in [1.807, 2.05) is 4.90 Å². The molecule has 27 heavy (non-hydrogen) atoms. The molecule has 2 heterocycles. The summed E-state index contributed by atoms with van der Waals surface area (Å²) in [6, 6.07) is 4.50. The molecule has 1 saturated heterocycles. The van der Waals surface area contributed by atoms with E-state index in [4.69, 9.17) is 16.3 Å². The van der Waals surface area contributed by atoms with Gasteiger partial charge in [-0.2, -0.15) is 0 Å². The van der Waals surface area contributed by atoms with Crippen molar-refractivity contribution in [2.24, 2.45) is 0 Å². The highest BCUT2D eigenvalue weighted by molar-refractivity contribution is 6.31. The molecule has 1 aliphatic carbocycles. The van der Waals surface area contributed by atoms with Crippen LogP contribution < -0.4 is 5.32 Å². The van der Waals surface area contributed by atoms with E-state index >= 15 is 0 Å². The number of carbonyl (C=O) groups excluding carboxylic acids is 1. The van der Waals surface area contributed by atoms with Crippen LogP contribution in [0.5, 0.6) is 0 Å². The third kappa shape index (κ3) is 3.77. The second-order valence-electron chi connectivity index (χ2n) is 6.84. The summed E-state index contributed by atoms with van der Waals surface area (Å²) in [5.41, 5.74) is 3.51. The zero-order valence-electron chi connectivity index (χ0n) is 14.9. The van der Waals surface area contributed by atoms with Gasteiger partial charge in [-0.15, -0.1) is 0 Å². The van der Waals surface area contributed by atoms with E-state index in [0.29, 0.717) is 43.4 Å². The maximum Gasteiger partial charge on any atom is 0.255 e. The van der Waals surface area contributed by atoms with Crippen LogP contribution in [-0.2, 0) is 17.6 Å². The largest absolute Gasteiger partial charge is 0.378 e. The molecule has 0 bridgehead atoms. The lowest BCUT2D eigenvalue weighted by molar-refractivity contribution is 0.0301. The van der Waals surface area contributed by atoms with Crippen LogP contribution in [0.1, 0.15) is 34.3 Å². The Morgan fingerprint density at radius 3 is 2.67 bits per heavy atom. The highest BCUT2D eigenvalue weighted by Gasteiger charge is 2.26. The molecule has 1 aromatic carbocycles. The van der Waals surface area contributed by atoms with Crippen molar-refractivity contribution in [2.75, 3.05) is 31.6 Å². The van der Waals surface area contributed by atoms with Crippen LogP contribution in [0.4, 0.5) is 15.9 Å². The lowest BCUT2D eigenvalue weighted by Gasteiger charge is -2.29. The number of hydrogen-bond donors (Lipinski definition) is 1. The fraction of sp³-hybridized carbons (Fsp3) is 0.400. The number of nitrogens with zero attached hydrogens (tertiary/aromatic N) is 2. The Balaban J connectivity index is 1.66. The number of aromatic nitrogens is 1. The third-order valence-electron chi connectivity index (χ3n) is 5.11. The molecular formula is C20H21ClFN3O2. The van der Waals surface area contributed by atoms with Crippen molar-refractivity contribution in [3.63, 3.8) is 0 Å². The van der Waals surface area contributed by atoms with Crippen LogP contribution in [0, 0.1) is 5.82 Å². The first-order valence-corrected chi connectivity index (χ1v) is 9.61. The molecule has 5 nitrogen and oxygen atoms in total. The van der Waals surface area contributed by atoms with Crippen molar-refractivity contribution in [3.8, 4) is 0 Å². The van der Waals surface area contributed by atoms with Crippen molar-refractivity contribution in [1.82, 2.24) is 9.88 Å². The number of anilines is 2. The number of rotatable bonds is 3. The van der Waals surface area contributed by atoms with E-state index in [-0.39, 0.29) is 10.9 Å². The van der Waals surface area contributed by atoms with Crippen molar-refractivity contribution < 1.29 is 13.9 Å². The van der Waals surface area contributed by atoms with Gasteiger partial charge in [0.15, 0.2) is 0 Å². The van der Waals surface area contributed by atoms with E-state index in [2.05, 4.69) is 10.3 Å². The fourth-order valence-corrected chi connectivity index (χ4v) is 3.87. The normalized spacial score (nSPS) is 16.7. The van der Waals surface area contributed by atoms with E-state index in [9.17, 15) is 9.18 Å². The monoisotopic (exact) mass is 389 g/mol. The van der Waals surface area contributed by atoms with Crippen LogP contribution >= 0.6 is 11.6 Å². The summed E-state index contributed by atoms with van der Waals surface area (Å²) >= 11 is 5.88. The van der Waals surface area contributed by atoms with Gasteiger partial charge < -0.3 is 15.0 Å². The Bertz CT molecular complexity index is 869. The first-order chi connectivity index (χ1) is 13.1. The molecule has 1 aliphatic heterocycles. The summed E-state index contributed by atoms with van der Waals surface area (Å²) in [5.74, 6) is 0.287. The maximum atomic E-state index is 13.4. The van der Waals surface area contributed by atoms with Crippen molar-refractivity contribution in [3.05, 3.63) is 51.9 Å². The highest BCUT2D eigenvalue weighted by Crippen LogP contribution is 2.32. The van der Waals surface area contributed by atoms with Gasteiger partial charge in [0.25, 0.3) is 5.91 Å². The summed E-state index contributed by atoms with van der Waals surface area (Å²) in [7, 11) is 0. The molecule has 0 unspecified atom stereocenters. The van der Waals surface area contributed by atoms with Gasteiger partial charge in [-0.3, -0.25) is 4.79 Å². The minimum atomic E-state index is -0.455. The number of ether oxygens (including phenoxy) is 1. The van der Waals surface area contributed by atoms with Crippen molar-refractivity contribution >= 4 is 29.0 Å². The highest BCUT2D eigenvalue weighted by atomic mass is 35.5. The van der Waals surface area contributed by atoms with Gasteiger partial charge in [-0.05, 0) is 55.0 Å². The minimum absolute atomic E-state index is 0.0281. The second-order valence-corrected chi connectivity index (χ2v) is 7.25. The Kier molecular flexibility index (Phi) is 5.27. The average molecular weight is 390 g/mol. The van der Waals surface area contributed by atoms with Gasteiger partial charge in [-0.25, -0.2) is 9.37 Å². The molecule has 2 aliphatic rings. The summed E-state index contributed by atoms with van der Waals surface area (Å²) < 4.78 is 18.7. The summed E-state index contributed by atoms with van der Waals surface area (Å²) in [4.78, 5) is 19.3. The van der Waals surface area contributed by atoms with Gasteiger partial charge in [-0.1, -0.05) is 11.6 Å². The molecule has 1 fully saturated rings. The number of carbonyl (C=O) groups is 1. The van der Waals surface area contributed by atoms with E-state index in [1.54, 1.807) is 18.3 Å². The molecule has 0 radical (unpaired) electrons. The lowest BCUT2D eigenvalue weighted by atomic mass is 9.88. The van der Waals surface area contributed by atoms with Gasteiger partial charge in [0.05, 0.1) is 23.8 Å². The minimum Gasteiger partial charge on any atom is -0.378 e. The van der Waals surface area contributed by atoms with Crippen LogP contribution in [0.3, 0.4) is 0 Å². The Labute approximate surface area is 162 Å². The van der Waals surface area contributed by atoms with E-state index in [0.717, 1.165) is 36.8 Å². The van der Waals surface area contributed by atoms with Gasteiger partial charge in [0, 0.05) is 25.0 Å². The number of halogens is 2. The molecule has 0 atom stereocenters. The number of fused-ring (bicyclic) bond motifs is 1. The van der Waals surface area contributed by atoms with Crippen LogP contribution in [-0.4, -0.2) is 42.1 Å². The first-order valence-electron chi connectivity index (χ1n) is 9.23.